The van der Waals surface area contributed by atoms with Crippen LogP contribution in [0.2, 0.25) is 0 Å². The fraction of sp³-hybridized carbons (Fsp3) is 0.985. The van der Waals surface area contributed by atoms with Gasteiger partial charge in [0.15, 0.2) is 18.9 Å². The Labute approximate surface area is 652 Å². The van der Waals surface area contributed by atoms with E-state index >= 15 is 0 Å². The number of aliphatic hydroxyl groups excluding tert-OH is 10. The summed E-state index contributed by atoms with van der Waals surface area (Å²) in [5.74, 6) is -1.95. The van der Waals surface area contributed by atoms with Gasteiger partial charge in [0.25, 0.3) is 23.5 Å². The van der Waals surface area contributed by atoms with Gasteiger partial charge in [-0.2, -0.15) is 0 Å². The number of nitrogens with one attached hydrogen (secondary N) is 1. The number of hydrogen-bond donors (Lipinski definition) is 11. The number of carbonyl (C=O) groups excluding carboxylic acids is 1. The molecule has 0 radical (unpaired) electrons. The Balaban J connectivity index is 1.61. The molecule has 111 heavy (non-hydrogen) atoms. The van der Waals surface area contributed by atoms with E-state index in [9.17, 15) is 93.7 Å². The molecule has 0 spiro atoms. The largest absolute Gasteiger partial charge is 0.778 e. The van der Waals surface area contributed by atoms with E-state index in [-0.39, 0.29) is 156 Å². The molecule has 0 aliphatic carbocycles. The minimum atomic E-state index is -5.14. The first-order chi connectivity index (χ1) is 52.8. The van der Waals surface area contributed by atoms with E-state index in [4.69, 9.17) is 88.5 Å². The summed E-state index contributed by atoms with van der Waals surface area (Å²) in [6.45, 7) is 4.25. The Kier molecular flexibility index (Phi) is 55.3. The lowest BCUT2D eigenvalue weighted by atomic mass is 9.92. The Hall–Kier alpha value is -0.930. The Bertz CT molecular complexity index is 2480. The van der Waals surface area contributed by atoms with Crippen molar-refractivity contribution in [3.63, 3.8) is 0 Å². The zero-order valence-electron chi connectivity index (χ0n) is 65.1. The van der Waals surface area contributed by atoms with Crippen molar-refractivity contribution < 1.29 is 182 Å². The molecule has 21 atom stereocenters. The first-order valence-electron chi connectivity index (χ1n) is 38.7. The average Bonchev–Trinajstić information content (AvgIpc) is 0.840. The Morgan fingerprint density at radius 2 is 0.739 bits per heavy atom. The summed E-state index contributed by atoms with van der Waals surface area (Å²) < 4.78 is 157. The van der Waals surface area contributed by atoms with Crippen LogP contribution in [-0.4, -0.2) is 314 Å². The maximum Gasteiger partial charge on any atom is 0.267 e. The van der Waals surface area contributed by atoms with Crippen molar-refractivity contribution in [2.24, 2.45) is 23.2 Å². The highest BCUT2D eigenvalue weighted by Gasteiger charge is 2.46. The number of ether oxygens (including phenoxy) is 12. The molecule has 43 heteroatoms. The molecule has 3 aliphatic rings. The quantitative estimate of drug-likeness (QED) is 0.0289. The van der Waals surface area contributed by atoms with Gasteiger partial charge in [-0.1, -0.05) is 58.8 Å². The average molecular weight is 1690 g/mol. The van der Waals surface area contributed by atoms with Crippen LogP contribution >= 0.6 is 31.1 Å². The molecule has 3 aliphatic heterocycles. The van der Waals surface area contributed by atoms with Crippen molar-refractivity contribution >= 4 is 37.0 Å². The molecular weight excluding hydrogens is 1560 g/mol. The summed E-state index contributed by atoms with van der Waals surface area (Å²) in [6.07, 6.45) is -6.47. The van der Waals surface area contributed by atoms with Gasteiger partial charge in [-0.15, -0.1) is 0 Å². The normalized spacial score (nSPS) is 27.6. The fourth-order valence-corrected chi connectivity index (χ4v) is 15.0. The molecule has 11 N–H and O–H groups in total. The molecule has 0 aromatic carbocycles. The summed E-state index contributed by atoms with van der Waals surface area (Å²) in [6, 6.07) is -1.11. The highest BCUT2D eigenvalue weighted by atomic mass is 31.2. The predicted octanol–water partition coefficient (Wildman–Crippen LogP) is 0.330. The van der Waals surface area contributed by atoms with E-state index in [1.165, 1.54) is 6.92 Å². The molecule has 39 nitrogen and oxygen atoms in total. The molecule has 3 fully saturated rings. The second-order valence-electron chi connectivity index (χ2n) is 28.3. The van der Waals surface area contributed by atoms with Gasteiger partial charge in [0.2, 0.25) is 5.91 Å². The smallest absolute Gasteiger partial charge is 0.267 e. The summed E-state index contributed by atoms with van der Waals surface area (Å²) in [4.78, 5) is 63.6. The summed E-state index contributed by atoms with van der Waals surface area (Å²) in [7, 11) is -19.1. The van der Waals surface area contributed by atoms with Crippen molar-refractivity contribution in [1.82, 2.24) is 5.32 Å². The lowest BCUT2D eigenvalue weighted by molar-refractivity contribution is -0.282. The molecule has 3 saturated heterocycles. The van der Waals surface area contributed by atoms with Crippen molar-refractivity contribution in [3.05, 3.63) is 0 Å². The summed E-state index contributed by atoms with van der Waals surface area (Å²) in [5.41, 5.74) is -1.54. The van der Waals surface area contributed by atoms with Crippen LogP contribution in [0, 0.1) is 23.2 Å². The first-order valence-corrected chi connectivity index (χ1v) is 44.8. The van der Waals surface area contributed by atoms with E-state index in [2.05, 4.69) is 5.32 Å². The van der Waals surface area contributed by atoms with Crippen LogP contribution in [0.15, 0.2) is 0 Å². The van der Waals surface area contributed by atoms with Crippen LogP contribution in [0.4, 0.5) is 0 Å². The maximum absolute atomic E-state index is 13.4. The topological polar surface area (TPSA) is 567 Å². The number of unbranched alkanes of at least 4 members (excludes halogenated alkanes) is 10. The molecule has 1 amide bonds. The van der Waals surface area contributed by atoms with Crippen molar-refractivity contribution in [1.29, 1.82) is 0 Å². The Morgan fingerprint density at radius 1 is 0.405 bits per heavy atom. The molecule has 0 aromatic rings. The monoisotopic (exact) mass is 1690 g/mol. The van der Waals surface area contributed by atoms with Gasteiger partial charge < -0.3 is 169 Å². The number of rotatable bonds is 70. The van der Waals surface area contributed by atoms with E-state index in [0.717, 1.165) is 0 Å². The molecule has 0 bridgehead atoms. The molecule has 3 rings (SSSR count). The third kappa shape index (κ3) is 45.3. The fourth-order valence-electron chi connectivity index (χ4n) is 11.5. The third-order valence-electron chi connectivity index (χ3n) is 18.0. The van der Waals surface area contributed by atoms with Gasteiger partial charge in [-0.3, -0.25) is 18.5 Å². The zero-order chi connectivity index (χ0) is 82.1. The minimum absolute atomic E-state index is 0.0314. The maximum atomic E-state index is 13.4. The van der Waals surface area contributed by atoms with Crippen LogP contribution in [-0.2, 0) is 112 Å². The number of aliphatic hydroxyl groups is 10. The van der Waals surface area contributed by atoms with Gasteiger partial charge in [0.05, 0.1) is 129 Å². The van der Waals surface area contributed by atoms with Gasteiger partial charge in [0.1, 0.15) is 56.4 Å². The van der Waals surface area contributed by atoms with Gasteiger partial charge >= 0.3 is 0 Å². The second kappa shape index (κ2) is 58.9. The van der Waals surface area contributed by atoms with Gasteiger partial charge in [-0.05, 0) is 84.5 Å². The highest BCUT2D eigenvalue weighted by molar-refractivity contribution is 7.51. The number of phosphoric ester groups is 3. The molecule has 12 unspecified atom stereocenters. The van der Waals surface area contributed by atoms with E-state index in [1.807, 2.05) is 13.8 Å². The highest BCUT2D eigenvalue weighted by Crippen LogP contribution is 2.43. The number of hydrogen-bond acceptors (Lipinski definition) is 38. The molecule has 660 valence electrons. The lowest BCUT2D eigenvalue weighted by Crippen LogP contribution is -2.64. The minimum Gasteiger partial charge on any atom is -0.778 e. The molecular formula is C68H131NO38P4-4. The van der Waals surface area contributed by atoms with E-state index < -0.39 is 174 Å². The lowest BCUT2D eigenvalue weighted by Gasteiger charge is -2.42. The van der Waals surface area contributed by atoms with Crippen LogP contribution in [0.1, 0.15) is 150 Å². The predicted molar refractivity (Wildman–Crippen MR) is 385 cm³/mol. The van der Waals surface area contributed by atoms with Gasteiger partial charge in [-0.25, -0.2) is 0 Å². The van der Waals surface area contributed by atoms with E-state index in [1.54, 1.807) is 13.8 Å². The third-order valence-corrected chi connectivity index (χ3v) is 22.4. The Morgan fingerprint density at radius 3 is 1.14 bits per heavy atom. The standard InChI is InChI=1S/C68H135NO38P4/c1-50(2)94-32-19-24-89-44-54(40-70)45-90-25-20-36-103-111(87,88)104-49-68(46-91-26-21-35-98-108(81,82)39-18-12-6-7-13-29-95-65-51(3)59(75)61(77)55(41-71)105-65,47-92-27-22-37-101-109(83,84)99-33-16-10-8-14-30-96-66-52(4)60(76)62(78)56(42-72)106-66)48-93-28-23-38-102-110(85,86)100-34-17-11-9-15-31-97-67-58(69-53(5)74)64(80)63(79)57(43-73)107-67/h50-52,54-67,70-73,75-80H,6-49H2,1-5H3,(H,69,74)(H,81,82)(H,83,84)(H,85,86)(H,87,88)/p-4/t51?,52?,54?,55?,56?,57?,58?,59-,60-,61+,62+,63+,64-,65-,66-,67-,68?/m1/s1. The summed E-state index contributed by atoms with van der Waals surface area (Å²) in [5, 5.41) is 102. The SMILES string of the molecule is CC(=O)NC1[C@H](OCCCCCCOP(=O)([O-])OCCCOCC(COCCCOP(=O)([O-])CCCCCCCO[C@@H]2OC(CO)[C@H](O)[C@H](O)C2C)(COCCCOP(=O)([O-])OCCCCCCO[C@@H]2OC(CO)[C@H](O)[C@H](O)C2C)COP(=O)([O-])OCCCOCC(CO)COCCCOC(C)C)OC(CO)[C@H](O)[C@@H]1O. The second-order valence-corrected chi connectivity index (χ2v) is 34.4. The van der Waals surface area contributed by atoms with E-state index in [0.29, 0.717) is 103 Å². The first kappa shape index (κ1) is 104. The van der Waals surface area contributed by atoms with Crippen LogP contribution in [0.3, 0.4) is 0 Å². The molecule has 0 saturated carbocycles. The summed E-state index contributed by atoms with van der Waals surface area (Å²) >= 11 is 0. The molecule has 0 aromatic heterocycles. The van der Waals surface area contributed by atoms with Crippen molar-refractivity contribution in [2.75, 3.05) is 171 Å². The van der Waals surface area contributed by atoms with Crippen molar-refractivity contribution in [2.45, 2.75) is 236 Å². The van der Waals surface area contributed by atoms with Crippen LogP contribution in [0.25, 0.3) is 0 Å². The number of phosphoric acid groups is 3. The molecule has 3 heterocycles. The zero-order valence-corrected chi connectivity index (χ0v) is 68.7. The number of carbonyl (C=O) groups is 1. The van der Waals surface area contributed by atoms with Crippen LogP contribution in [0.5, 0.6) is 0 Å². The van der Waals surface area contributed by atoms with Crippen LogP contribution < -0.4 is 24.9 Å². The van der Waals surface area contributed by atoms with Crippen molar-refractivity contribution in [3.8, 4) is 0 Å². The van der Waals surface area contributed by atoms with Gasteiger partial charge in [0, 0.05) is 90.3 Å². The number of amides is 1.